The average Bonchev–Trinajstić information content (AvgIpc) is 3.33. The fourth-order valence-electron chi connectivity index (χ4n) is 5.51. The van der Waals surface area contributed by atoms with Gasteiger partial charge in [0.25, 0.3) is 5.69 Å². The lowest BCUT2D eigenvalue weighted by molar-refractivity contribution is -0.384. The van der Waals surface area contributed by atoms with E-state index in [1.165, 1.54) is 57.5 Å². The number of hydrogen-bond donors (Lipinski definition) is 1. The Labute approximate surface area is 182 Å². The first kappa shape index (κ1) is 20.3. The molecule has 3 aliphatic rings. The van der Waals surface area contributed by atoms with E-state index < -0.39 is 4.92 Å². The van der Waals surface area contributed by atoms with Crippen molar-refractivity contribution in [2.24, 2.45) is 17.8 Å². The standard InChI is InChI=1S/C23H29N5O3/c29-28(30)21-3-1-2-17(12-21)22-4-5-23(26-25-22)24-20-10-18-14-27(15-19(18)11-20)13-16-6-8-31-9-7-16/h1-5,12,16,18-20H,6-11,13-15H2,(H,24,26)/t18-,19+,20?. The molecule has 2 aliphatic heterocycles. The Bertz CT molecular complexity index is 902. The van der Waals surface area contributed by atoms with Gasteiger partial charge in [-0.25, -0.2) is 0 Å². The third kappa shape index (κ3) is 4.70. The summed E-state index contributed by atoms with van der Waals surface area (Å²) in [7, 11) is 0. The van der Waals surface area contributed by atoms with Crippen LogP contribution in [0, 0.1) is 27.9 Å². The van der Waals surface area contributed by atoms with E-state index in [0.29, 0.717) is 17.3 Å². The lowest BCUT2D eigenvalue weighted by Crippen LogP contribution is -2.32. The van der Waals surface area contributed by atoms with E-state index >= 15 is 0 Å². The van der Waals surface area contributed by atoms with Gasteiger partial charge in [-0.15, -0.1) is 10.2 Å². The van der Waals surface area contributed by atoms with Gasteiger partial charge in [0.05, 0.1) is 10.6 Å². The molecule has 1 saturated carbocycles. The zero-order valence-electron chi connectivity index (χ0n) is 17.7. The third-order valence-electron chi connectivity index (χ3n) is 7.05. The van der Waals surface area contributed by atoms with Gasteiger partial charge in [-0.05, 0) is 55.6 Å². The first-order valence-electron chi connectivity index (χ1n) is 11.3. The highest BCUT2D eigenvalue weighted by Gasteiger charge is 2.41. The molecular formula is C23H29N5O3. The van der Waals surface area contributed by atoms with Gasteiger partial charge in [0.2, 0.25) is 0 Å². The number of nitro benzene ring substituents is 1. The Hall–Kier alpha value is -2.58. The van der Waals surface area contributed by atoms with Gasteiger partial charge in [-0.1, -0.05) is 12.1 Å². The summed E-state index contributed by atoms with van der Waals surface area (Å²) in [6.07, 6.45) is 4.79. The predicted octanol–water partition coefficient (Wildman–Crippen LogP) is 3.60. The molecule has 5 rings (SSSR count). The lowest BCUT2D eigenvalue weighted by atomic mass is 10.00. The Morgan fingerprint density at radius 3 is 2.55 bits per heavy atom. The molecule has 2 saturated heterocycles. The molecule has 0 spiro atoms. The molecule has 2 aromatic rings. The Morgan fingerprint density at radius 2 is 1.87 bits per heavy atom. The zero-order chi connectivity index (χ0) is 21.2. The van der Waals surface area contributed by atoms with Gasteiger partial charge in [0, 0.05) is 56.6 Å². The molecule has 1 aromatic carbocycles. The SMILES string of the molecule is O=[N+]([O-])c1cccc(-c2ccc(NC3C[C@@H]4CN(CC5CCOCC5)C[C@@H]4C3)nn2)c1. The maximum Gasteiger partial charge on any atom is 0.270 e. The van der Waals surface area contributed by atoms with Crippen molar-refractivity contribution >= 4 is 11.5 Å². The van der Waals surface area contributed by atoms with Gasteiger partial charge in [0.1, 0.15) is 5.82 Å². The molecule has 1 aromatic heterocycles. The van der Waals surface area contributed by atoms with Crippen molar-refractivity contribution in [3.05, 3.63) is 46.5 Å². The normalized spacial score (nSPS) is 26.6. The molecule has 164 valence electrons. The predicted molar refractivity (Wildman–Crippen MR) is 118 cm³/mol. The van der Waals surface area contributed by atoms with E-state index in [9.17, 15) is 10.1 Å². The minimum absolute atomic E-state index is 0.0601. The van der Waals surface area contributed by atoms with Crippen LogP contribution in [0.4, 0.5) is 11.5 Å². The molecule has 8 nitrogen and oxygen atoms in total. The fraction of sp³-hybridized carbons (Fsp3) is 0.565. The second kappa shape index (κ2) is 8.88. The molecule has 3 atom stereocenters. The molecule has 1 unspecified atom stereocenters. The number of rotatable bonds is 6. The van der Waals surface area contributed by atoms with E-state index in [4.69, 9.17) is 4.74 Å². The van der Waals surface area contributed by atoms with Gasteiger partial charge < -0.3 is 15.0 Å². The van der Waals surface area contributed by atoms with Crippen LogP contribution < -0.4 is 5.32 Å². The number of ether oxygens (including phenoxy) is 1. The number of nitro groups is 1. The van der Waals surface area contributed by atoms with Crippen LogP contribution in [0.3, 0.4) is 0 Å². The second-order valence-electron chi connectivity index (χ2n) is 9.22. The van der Waals surface area contributed by atoms with Crippen LogP contribution in [0.5, 0.6) is 0 Å². The van der Waals surface area contributed by atoms with Gasteiger partial charge in [0.15, 0.2) is 0 Å². The molecule has 3 fully saturated rings. The second-order valence-corrected chi connectivity index (χ2v) is 9.22. The summed E-state index contributed by atoms with van der Waals surface area (Å²) in [5.74, 6) is 3.13. The minimum Gasteiger partial charge on any atom is -0.381 e. The summed E-state index contributed by atoms with van der Waals surface area (Å²) in [6.45, 7) is 5.53. The lowest BCUT2D eigenvalue weighted by Gasteiger charge is -2.27. The highest BCUT2D eigenvalue weighted by molar-refractivity contribution is 5.62. The number of fused-ring (bicyclic) bond motifs is 1. The molecular weight excluding hydrogens is 394 g/mol. The molecule has 0 radical (unpaired) electrons. The summed E-state index contributed by atoms with van der Waals surface area (Å²) >= 11 is 0. The van der Waals surface area contributed by atoms with Crippen molar-refractivity contribution in [2.75, 3.05) is 38.2 Å². The molecule has 31 heavy (non-hydrogen) atoms. The van der Waals surface area contributed by atoms with Crippen molar-refractivity contribution in [3.8, 4) is 11.3 Å². The molecule has 8 heteroatoms. The van der Waals surface area contributed by atoms with Crippen LogP contribution in [0.1, 0.15) is 25.7 Å². The largest absolute Gasteiger partial charge is 0.381 e. The summed E-state index contributed by atoms with van der Waals surface area (Å²) in [5.41, 5.74) is 1.40. The van der Waals surface area contributed by atoms with Crippen molar-refractivity contribution in [1.29, 1.82) is 0 Å². The van der Waals surface area contributed by atoms with E-state index in [-0.39, 0.29) is 5.69 Å². The fourth-order valence-corrected chi connectivity index (χ4v) is 5.51. The van der Waals surface area contributed by atoms with Crippen molar-refractivity contribution in [3.63, 3.8) is 0 Å². The van der Waals surface area contributed by atoms with Crippen LogP contribution in [0.15, 0.2) is 36.4 Å². The number of non-ortho nitro benzene ring substituents is 1. The summed E-state index contributed by atoms with van der Waals surface area (Å²) in [6, 6.07) is 10.7. The Morgan fingerprint density at radius 1 is 1.10 bits per heavy atom. The maximum absolute atomic E-state index is 11.0. The van der Waals surface area contributed by atoms with E-state index in [2.05, 4.69) is 20.4 Å². The first-order chi connectivity index (χ1) is 15.1. The zero-order valence-corrected chi connectivity index (χ0v) is 17.7. The number of hydrogen-bond acceptors (Lipinski definition) is 7. The van der Waals surface area contributed by atoms with E-state index in [0.717, 1.165) is 36.8 Å². The number of aromatic nitrogens is 2. The molecule has 1 N–H and O–H groups in total. The Balaban J connectivity index is 1.14. The topological polar surface area (TPSA) is 93.4 Å². The van der Waals surface area contributed by atoms with Crippen molar-refractivity contribution < 1.29 is 9.66 Å². The van der Waals surface area contributed by atoms with Gasteiger partial charge in [-0.2, -0.15) is 0 Å². The van der Waals surface area contributed by atoms with E-state index in [1.54, 1.807) is 6.07 Å². The highest BCUT2D eigenvalue weighted by atomic mass is 16.6. The number of nitrogens with zero attached hydrogens (tertiary/aromatic N) is 4. The van der Waals surface area contributed by atoms with Crippen LogP contribution in [0.25, 0.3) is 11.3 Å². The minimum atomic E-state index is -0.394. The highest BCUT2D eigenvalue weighted by Crippen LogP contribution is 2.39. The number of benzene rings is 1. The summed E-state index contributed by atoms with van der Waals surface area (Å²) in [5, 5.41) is 23.2. The van der Waals surface area contributed by atoms with Crippen molar-refractivity contribution in [1.82, 2.24) is 15.1 Å². The maximum atomic E-state index is 11.0. The number of anilines is 1. The molecule has 1 aliphatic carbocycles. The van der Waals surface area contributed by atoms with Crippen LogP contribution >= 0.6 is 0 Å². The van der Waals surface area contributed by atoms with Crippen LogP contribution in [-0.2, 0) is 4.74 Å². The van der Waals surface area contributed by atoms with Crippen molar-refractivity contribution in [2.45, 2.75) is 31.7 Å². The number of nitrogens with one attached hydrogen (secondary N) is 1. The first-order valence-corrected chi connectivity index (χ1v) is 11.3. The number of likely N-dealkylation sites (tertiary alicyclic amines) is 1. The average molecular weight is 424 g/mol. The smallest absolute Gasteiger partial charge is 0.270 e. The summed E-state index contributed by atoms with van der Waals surface area (Å²) < 4.78 is 5.49. The Kier molecular flexibility index (Phi) is 5.82. The monoisotopic (exact) mass is 423 g/mol. The van der Waals surface area contributed by atoms with Gasteiger partial charge in [-0.3, -0.25) is 10.1 Å². The van der Waals surface area contributed by atoms with E-state index in [1.807, 2.05) is 18.2 Å². The van der Waals surface area contributed by atoms with Crippen LogP contribution in [-0.4, -0.2) is 58.9 Å². The van der Waals surface area contributed by atoms with Crippen LogP contribution in [0.2, 0.25) is 0 Å². The molecule has 3 heterocycles. The quantitative estimate of drug-likeness (QED) is 0.560. The molecule has 0 amide bonds. The van der Waals surface area contributed by atoms with Gasteiger partial charge >= 0.3 is 0 Å². The summed E-state index contributed by atoms with van der Waals surface area (Å²) in [4.78, 5) is 13.3. The third-order valence-corrected chi connectivity index (χ3v) is 7.05. The molecule has 0 bridgehead atoms.